The minimum absolute atomic E-state index is 0.116. The largest absolute Gasteiger partial charge is 0.333 e. The van der Waals surface area contributed by atoms with Gasteiger partial charge in [0, 0.05) is 29.9 Å². The molecule has 0 spiro atoms. The number of benzene rings is 1. The molecule has 23 heavy (non-hydrogen) atoms. The lowest BCUT2D eigenvalue weighted by Gasteiger charge is -2.38. The zero-order valence-electron chi connectivity index (χ0n) is 13.3. The van der Waals surface area contributed by atoms with Gasteiger partial charge in [-0.2, -0.15) is 0 Å². The van der Waals surface area contributed by atoms with E-state index in [-0.39, 0.29) is 5.91 Å². The molecule has 2 fully saturated rings. The van der Waals surface area contributed by atoms with Gasteiger partial charge in [-0.25, -0.2) is 0 Å². The number of piperidine rings is 1. The summed E-state index contributed by atoms with van der Waals surface area (Å²) in [7, 11) is 0. The zero-order valence-corrected chi connectivity index (χ0v) is 13.3. The number of hydrogen-bond acceptors (Lipinski definition) is 2. The Morgan fingerprint density at radius 3 is 2.78 bits per heavy atom. The van der Waals surface area contributed by atoms with Crippen molar-refractivity contribution in [3.63, 3.8) is 0 Å². The van der Waals surface area contributed by atoms with Gasteiger partial charge in [0.05, 0.1) is 0 Å². The molecule has 0 aliphatic carbocycles. The number of pyridine rings is 1. The molecule has 2 atom stereocenters. The monoisotopic (exact) mass is 306 g/mol. The normalized spacial score (nSPS) is 26.4. The summed E-state index contributed by atoms with van der Waals surface area (Å²) in [5.74, 6) is 0.775. The van der Waals surface area contributed by atoms with Crippen LogP contribution in [0.3, 0.4) is 0 Å². The molecule has 0 saturated carbocycles. The number of hydrogen-bond donors (Lipinski definition) is 0. The van der Waals surface area contributed by atoms with Crippen molar-refractivity contribution < 1.29 is 4.79 Å². The quantitative estimate of drug-likeness (QED) is 0.810. The topological polar surface area (TPSA) is 33.2 Å². The predicted molar refractivity (Wildman–Crippen MR) is 92.0 cm³/mol. The SMILES string of the molecule is C=CC(=O)N1C2CCC1CC(Cc1cccc3ccncc13)C2. The Kier molecular flexibility index (Phi) is 3.64. The molecule has 2 aliphatic rings. The molecule has 1 aromatic heterocycles. The maximum atomic E-state index is 12.1. The number of fused-ring (bicyclic) bond motifs is 3. The van der Waals surface area contributed by atoms with Gasteiger partial charge in [0.15, 0.2) is 0 Å². The van der Waals surface area contributed by atoms with Crippen molar-refractivity contribution in [3.8, 4) is 0 Å². The Bertz CT molecular complexity index is 735. The second-order valence-electron chi connectivity index (χ2n) is 6.89. The number of rotatable bonds is 3. The average molecular weight is 306 g/mol. The molecular weight excluding hydrogens is 284 g/mol. The third kappa shape index (κ3) is 2.54. The van der Waals surface area contributed by atoms with E-state index in [1.807, 2.05) is 12.4 Å². The Morgan fingerprint density at radius 2 is 2.04 bits per heavy atom. The van der Waals surface area contributed by atoms with E-state index in [1.54, 1.807) is 0 Å². The number of aromatic nitrogens is 1. The molecule has 1 amide bonds. The molecule has 2 saturated heterocycles. The molecule has 2 unspecified atom stereocenters. The molecule has 3 nitrogen and oxygen atoms in total. The van der Waals surface area contributed by atoms with Crippen molar-refractivity contribution in [2.24, 2.45) is 5.92 Å². The van der Waals surface area contributed by atoms with Gasteiger partial charge >= 0.3 is 0 Å². The standard InChI is InChI=1S/C20H22N2O/c1-2-20(23)22-17-6-7-18(22)12-14(11-17)10-16-5-3-4-15-8-9-21-13-19(15)16/h2-5,8-9,13-14,17-18H,1,6-7,10-12H2. The van der Waals surface area contributed by atoms with Crippen LogP contribution < -0.4 is 0 Å². The van der Waals surface area contributed by atoms with Gasteiger partial charge in [-0.3, -0.25) is 9.78 Å². The van der Waals surface area contributed by atoms with Crippen LogP contribution in [0.5, 0.6) is 0 Å². The fourth-order valence-corrected chi connectivity index (χ4v) is 4.59. The summed E-state index contributed by atoms with van der Waals surface area (Å²) in [6, 6.07) is 9.42. The van der Waals surface area contributed by atoms with E-state index < -0.39 is 0 Å². The molecule has 2 aromatic rings. The lowest BCUT2D eigenvalue weighted by Crippen LogP contribution is -2.46. The highest BCUT2D eigenvalue weighted by atomic mass is 16.2. The number of nitrogens with zero attached hydrogens (tertiary/aromatic N) is 2. The predicted octanol–water partition coefficient (Wildman–Crippen LogP) is 3.73. The third-order valence-electron chi connectivity index (χ3n) is 5.54. The Balaban J connectivity index is 1.55. The van der Waals surface area contributed by atoms with E-state index in [0.29, 0.717) is 18.0 Å². The second-order valence-corrected chi connectivity index (χ2v) is 6.89. The number of carbonyl (C=O) groups is 1. The van der Waals surface area contributed by atoms with Crippen molar-refractivity contribution >= 4 is 16.7 Å². The molecule has 1 aromatic carbocycles. The van der Waals surface area contributed by atoms with E-state index >= 15 is 0 Å². The van der Waals surface area contributed by atoms with Gasteiger partial charge in [-0.1, -0.05) is 24.8 Å². The Morgan fingerprint density at radius 1 is 1.26 bits per heavy atom. The molecule has 3 heterocycles. The second kappa shape index (κ2) is 5.80. The van der Waals surface area contributed by atoms with Crippen LogP contribution in [-0.2, 0) is 11.2 Å². The highest BCUT2D eigenvalue weighted by Crippen LogP contribution is 2.40. The summed E-state index contributed by atoms with van der Waals surface area (Å²) in [4.78, 5) is 18.4. The molecule has 2 bridgehead atoms. The van der Waals surface area contributed by atoms with Crippen LogP contribution in [0.4, 0.5) is 0 Å². The van der Waals surface area contributed by atoms with Gasteiger partial charge in [0.1, 0.15) is 0 Å². The molecular formula is C20H22N2O. The Labute approximate surface area is 137 Å². The van der Waals surface area contributed by atoms with Crippen molar-refractivity contribution in [2.75, 3.05) is 0 Å². The first-order valence-electron chi connectivity index (χ1n) is 8.52. The molecule has 0 radical (unpaired) electrons. The van der Waals surface area contributed by atoms with Crippen molar-refractivity contribution in [1.29, 1.82) is 0 Å². The van der Waals surface area contributed by atoms with Crippen molar-refractivity contribution in [3.05, 3.63) is 54.9 Å². The summed E-state index contributed by atoms with van der Waals surface area (Å²) >= 11 is 0. The number of amides is 1. The van der Waals surface area contributed by atoms with Gasteiger partial charge in [-0.05, 0) is 61.1 Å². The molecule has 4 rings (SSSR count). The van der Waals surface area contributed by atoms with Crippen LogP contribution in [0.15, 0.2) is 49.3 Å². The van der Waals surface area contributed by atoms with Gasteiger partial charge in [0.2, 0.25) is 5.91 Å². The summed E-state index contributed by atoms with van der Waals surface area (Å²) in [5.41, 5.74) is 1.39. The highest BCUT2D eigenvalue weighted by Gasteiger charge is 2.42. The molecule has 0 N–H and O–H groups in total. The van der Waals surface area contributed by atoms with E-state index in [0.717, 1.165) is 32.1 Å². The van der Waals surface area contributed by atoms with E-state index in [2.05, 4.69) is 40.7 Å². The van der Waals surface area contributed by atoms with Gasteiger partial charge in [0.25, 0.3) is 0 Å². The fraction of sp³-hybridized carbons (Fsp3) is 0.400. The van der Waals surface area contributed by atoms with Gasteiger partial charge < -0.3 is 4.90 Å². The first-order valence-corrected chi connectivity index (χ1v) is 8.52. The highest BCUT2D eigenvalue weighted by molar-refractivity contribution is 5.88. The first-order chi connectivity index (χ1) is 11.3. The average Bonchev–Trinajstić information content (AvgIpc) is 2.85. The summed E-state index contributed by atoms with van der Waals surface area (Å²) in [6.07, 6.45) is 10.9. The lowest BCUT2D eigenvalue weighted by molar-refractivity contribution is -0.130. The minimum Gasteiger partial charge on any atom is -0.333 e. The van der Waals surface area contributed by atoms with E-state index in [9.17, 15) is 4.79 Å². The minimum atomic E-state index is 0.116. The zero-order chi connectivity index (χ0) is 15.8. The van der Waals surface area contributed by atoms with Crippen LogP contribution in [0.2, 0.25) is 0 Å². The summed E-state index contributed by atoms with van der Waals surface area (Å²) in [6.45, 7) is 3.66. The first kappa shape index (κ1) is 14.4. The van der Waals surface area contributed by atoms with E-state index in [4.69, 9.17) is 0 Å². The smallest absolute Gasteiger partial charge is 0.246 e. The van der Waals surface area contributed by atoms with Crippen LogP contribution in [-0.4, -0.2) is 27.9 Å². The van der Waals surface area contributed by atoms with E-state index in [1.165, 1.54) is 22.4 Å². The molecule has 3 heteroatoms. The number of carbonyl (C=O) groups excluding carboxylic acids is 1. The lowest BCUT2D eigenvalue weighted by atomic mass is 9.84. The Hall–Kier alpha value is -2.16. The van der Waals surface area contributed by atoms with Crippen LogP contribution in [0, 0.1) is 5.92 Å². The van der Waals surface area contributed by atoms with Crippen LogP contribution in [0.25, 0.3) is 10.8 Å². The summed E-state index contributed by atoms with van der Waals surface area (Å²) < 4.78 is 0. The van der Waals surface area contributed by atoms with Crippen LogP contribution >= 0.6 is 0 Å². The van der Waals surface area contributed by atoms with Crippen LogP contribution in [0.1, 0.15) is 31.2 Å². The molecule has 118 valence electrons. The maximum Gasteiger partial charge on any atom is 0.246 e. The van der Waals surface area contributed by atoms with Crippen molar-refractivity contribution in [2.45, 2.75) is 44.2 Å². The molecule has 2 aliphatic heterocycles. The third-order valence-corrected chi connectivity index (χ3v) is 5.54. The fourth-order valence-electron chi connectivity index (χ4n) is 4.59. The summed E-state index contributed by atoms with van der Waals surface area (Å²) in [5, 5.41) is 2.53. The van der Waals surface area contributed by atoms with Crippen molar-refractivity contribution in [1.82, 2.24) is 9.88 Å². The van der Waals surface area contributed by atoms with Gasteiger partial charge in [-0.15, -0.1) is 0 Å². The maximum absolute atomic E-state index is 12.1.